The van der Waals surface area contributed by atoms with Crippen molar-refractivity contribution in [2.45, 2.75) is 37.6 Å². The van der Waals surface area contributed by atoms with Crippen LogP contribution in [-0.4, -0.2) is 22.5 Å². The van der Waals surface area contributed by atoms with Crippen molar-refractivity contribution in [3.05, 3.63) is 28.8 Å². The summed E-state index contributed by atoms with van der Waals surface area (Å²) in [5, 5.41) is 11.7. The molecule has 2 rings (SSSR count). The molecule has 1 fully saturated rings. The van der Waals surface area contributed by atoms with E-state index in [0.29, 0.717) is 5.69 Å². The summed E-state index contributed by atoms with van der Waals surface area (Å²) in [6.45, 7) is 0. The number of carboxylic acids is 1. The first-order valence-electron chi connectivity index (χ1n) is 6.51. The number of amides is 1. The maximum Gasteiger partial charge on any atom is 0.337 e. The van der Waals surface area contributed by atoms with Crippen molar-refractivity contribution in [2.24, 2.45) is 5.73 Å². The molecule has 6 heteroatoms. The lowest BCUT2D eigenvalue weighted by molar-refractivity contribution is -0.117. The number of halogens is 1. The van der Waals surface area contributed by atoms with Gasteiger partial charge in [-0.2, -0.15) is 0 Å². The number of rotatable bonds is 4. The van der Waals surface area contributed by atoms with Crippen molar-refractivity contribution in [1.29, 1.82) is 0 Å². The van der Waals surface area contributed by atoms with Crippen LogP contribution < -0.4 is 11.1 Å². The third-order valence-electron chi connectivity index (χ3n) is 3.60. The summed E-state index contributed by atoms with van der Waals surface area (Å²) < 4.78 is 0. The molecule has 0 atom stereocenters. The highest BCUT2D eigenvalue weighted by Crippen LogP contribution is 2.30. The van der Waals surface area contributed by atoms with Crippen molar-refractivity contribution in [3.63, 3.8) is 0 Å². The average molecular weight is 297 g/mol. The minimum atomic E-state index is -1.10. The minimum Gasteiger partial charge on any atom is -0.478 e. The van der Waals surface area contributed by atoms with Crippen LogP contribution in [0.25, 0.3) is 0 Å². The fraction of sp³-hybridized carbons (Fsp3) is 0.429. The topological polar surface area (TPSA) is 92.4 Å². The Morgan fingerprint density at radius 1 is 1.35 bits per heavy atom. The Bertz CT molecular complexity index is 539. The molecule has 0 bridgehead atoms. The van der Waals surface area contributed by atoms with Crippen LogP contribution >= 0.6 is 11.6 Å². The summed E-state index contributed by atoms with van der Waals surface area (Å²) in [5.74, 6) is -1.27. The normalized spacial score (nSPS) is 16.9. The molecule has 0 unspecified atom stereocenters. The van der Waals surface area contributed by atoms with Gasteiger partial charge in [-0.1, -0.05) is 24.4 Å². The lowest BCUT2D eigenvalue weighted by Crippen LogP contribution is -2.40. The molecule has 1 aromatic rings. The second kappa shape index (κ2) is 5.81. The van der Waals surface area contributed by atoms with E-state index >= 15 is 0 Å². The van der Waals surface area contributed by atoms with Crippen LogP contribution in [0.2, 0.25) is 5.02 Å². The summed E-state index contributed by atoms with van der Waals surface area (Å²) >= 11 is 5.85. The summed E-state index contributed by atoms with van der Waals surface area (Å²) in [7, 11) is 0. The lowest BCUT2D eigenvalue weighted by Gasteiger charge is -2.22. The number of carbonyl (C=O) groups excluding carboxylic acids is 1. The van der Waals surface area contributed by atoms with Gasteiger partial charge >= 0.3 is 5.97 Å². The van der Waals surface area contributed by atoms with Gasteiger partial charge < -0.3 is 16.2 Å². The first kappa shape index (κ1) is 14.8. The van der Waals surface area contributed by atoms with Gasteiger partial charge in [-0.3, -0.25) is 4.79 Å². The molecule has 4 N–H and O–H groups in total. The number of hydrogen-bond donors (Lipinski definition) is 3. The van der Waals surface area contributed by atoms with Gasteiger partial charge in [-0.25, -0.2) is 4.79 Å². The van der Waals surface area contributed by atoms with E-state index in [1.807, 2.05) is 0 Å². The molecule has 0 aromatic heterocycles. The van der Waals surface area contributed by atoms with E-state index in [0.717, 1.165) is 25.7 Å². The smallest absolute Gasteiger partial charge is 0.337 e. The highest BCUT2D eigenvalue weighted by molar-refractivity contribution is 6.33. The van der Waals surface area contributed by atoms with E-state index in [4.69, 9.17) is 22.4 Å². The molecule has 0 radical (unpaired) electrons. The van der Waals surface area contributed by atoms with E-state index < -0.39 is 11.5 Å². The number of nitrogens with one attached hydrogen (secondary N) is 1. The fourth-order valence-electron chi connectivity index (χ4n) is 2.55. The Hall–Kier alpha value is -1.59. The van der Waals surface area contributed by atoms with Gasteiger partial charge in [0.2, 0.25) is 5.91 Å². The quantitative estimate of drug-likeness (QED) is 0.796. The Morgan fingerprint density at radius 3 is 2.55 bits per heavy atom. The Kier molecular flexibility index (Phi) is 4.30. The van der Waals surface area contributed by atoms with E-state index in [1.54, 1.807) is 0 Å². The van der Waals surface area contributed by atoms with Gasteiger partial charge in [0.25, 0.3) is 0 Å². The molecule has 1 aromatic carbocycles. The summed E-state index contributed by atoms with van der Waals surface area (Å²) in [4.78, 5) is 22.8. The zero-order valence-corrected chi connectivity index (χ0v) is 11.7. The maximum atomic E-state index is 12.0. The number of aromatic carboxylic acids is 1. The van der Waals surface area contributed by atoms with Crippen LogP contribution in [0.4, 0.5) is 5.69 Å². The maximum absolute atomic E-state index is 12.0. The van der Waals surface area contributed by atoms with Crippen molar-refractivity contribution in [3.8, 4) is 0 Å². The predicted octanol–water partition coefficient (Wildman–Crippen LogP) is 2.64. The summed E-state index contributed by atoms with van der Waals surface area (Å²) in [6.07, 6.45) is 4.11. The monoisotopic (exact) mass is 296 g/mol. The zero-order valence-electron chi connectivity index (χ0n) is 11.0. The highest BCUT2D eigenvalue weighted by Gasteiger charge is 2.31. The van der Waals surface area contributed by atoms with E-state index in [2.05, 4.69) is 5.32 Å². The Balaban J connectivity index is 2.01. The van der Waals surface area contributed by atoms with Crippen LogP contribution in [-0.2, 0) is 4.79 Å². The van der Waals surface area contributed by atoms with Crippen LogP contribution in [0, 0.1) is 0 Å². The van der Waals surface area contributed by atoms with Gasteiger partial charge in [0.15, 0.2) is 0 Å². The molecule has 1 aliphatic rings. The van der Waals surface area contributed by atoms with Crippen LogP contribution in [0.15, 0.2) is 18.2 Å². The fourth-order valence-corrected chi connectivity index (χ4v) is 2.81. The van der Waals surface area contributed by atoms with Crippen LogP contribution in [0.5, 0.6) is 0 Å². The average Bonchev–Trinajstić information content (AvgIpc) is 2.74. The SMILES string of the molecule is NC1(CC(=O)Nc2ccc(C(=O)O)c(Cl)c2)CCCC1. The van der Waals surface area contributed by atoms with E-state index in [-0.39, 0.29) is 22.9 Å². The van der Waals surface area contributed by atoms with Gasteiger partial charge in [-0.05, 0) is 31.0 Å². The third kappa shape index (κ3) is 3.49. The van der Waals surface area contributed by atoms with Crippen molar-refractivity contribution in [1.82, 2.24) is 0 Å². The first-order chi connectivity index (χ1) is 9.39. The van der Waals surface area contributed by atoms with Gasteiger partial charge in [0.1, 0.15) is 0 Å². The number of anilines is 1. The summed E-state index contributed by atoms with van der Waals surface area (Å²) in [5.41, 5.74) is 6.22. The van der Waals surface area contributed by atoms with Crippen molar-refractivity contribution >= 4 is 29.2 Å². The molecular weight excluding hydrogens is 280 g/mol. The number of carbonyl (C=O) groups is 2. The van der Waals surface area contributed by atoms with Gasteiger partial charge in [0, 0.05) is 17.6 Å². The number of benzene rings is 1. The Morgan fingerprint density at radius 2 is 2.00 bits per heavy atom. The zero-order chi connectivity index (χ0) is 14.8. The molecule has 1 saturated carbocycles. The number of hydrogen-bond acceptors (Lipinski definition) is 3. The molecule has 108 valence electrons. The number of nitrogens with two attached hydrogens (primary N) is 1. The first-order valence-corrected chi connectivity index (χ1v) is 6.89. The minimum absolute atomic E-state index is 0.00996. The molecule has 1 aliphatic carbocycles. The molecule has 5 nitrogen and oxygen atoms in total. The van der Waals surface area contributed by atoms with Gasteiger partial charge in [0.05, 0.1) is 10.6 Å². The van der Waals surface area contributed by atoms with E-state index in [9.17, 15) is 9.59 Å². The molecular formula is C14H17ClN2O3. The largest absolute Gasteiger partial charge is 0.478 e. The summed E-state index contributed by atoms with van der Waals surface area (Å²) in [6, 6.07) is 4.32. The molecule has 0 heterocycles. The number of carboxylic acid groups (broad SMARTS) is 1. The standard InChI is InChI=1S/C14H17ClN2O3/c15-11-7-9(3-4-10(11)13(19)20)17-12(18)8-14(16)5-1-2-6-14/h3-4,7H,1-2,5-6,8,16H2,(H,17,18)(H,19,20). The second-order valence-corrected chi connectivity index (χ2v) is 5.70. The molecule has 20 heavy (non-hydrogen) atoms. The van der Waals surface area contributed by atoms with Crippen molar-refractivity contribution < 1.29 is 14.7 Å². The molecule has 0 spiro atoms. The van der Waals surface area contributed by atoms with Crippen LogP contribution in [0.3, 0.4) is 0 Å². The Labute approximate surface area is 122 Å². The van der Waals surface area contributed by atoms with E-state index in [1.165, 1.54) is 18.2 Å². The highest BCUT2D eigenvalue weighted by atomic mass is 35.5. The van der Waals surface area contributed by atoms with Crippen molar-refractivity contribution in [2.75, 3.05) is 5.32 Å². The molecule has 0 saturated heterocycles. The molecule has 0 aliphatic heterocycles. The van der Waals surface area contributed by atoms with Gasteiger partial charge in [-0.15, -0.1) is 0 Å². The third-order valence-corrected chi connectivity index (χ3v) is 3.91. The van der Waals surface area contributed by atoms with Crippen LogP contribution in [0.1, 0.15) is 42.5 Å². The second-order valence-electron chi connectivity index (χ2n) is 5.29. The molecule has 1 amide bonds. The predicted molar refractivity (Wildman–Crippen MR) is 77.0 cm³/mol. The lowest BCUT2D eigenvalue weighted by atomic mass is 9.94.